The number of benzene rings is 1. The first-order valence-electron chi connectivity index (χ1n) is 12.1. The van der Waals surface area contributed by atoms with Gasteiger partial charge in [0, 0.05) is 49.0 Å². The van der Waals surface area contributed by atoms with Gasteiger partial charge in [0.2, 0.25) is 10.0 Å². The molecule has 1 N–H and O–H groups in total. The van der Waals surface area contributed by atoms with E-state index >= 15 is 0 Å². The molecular formula is C25H29F6N3O3S. The van der Waals surface area contributed by atoms with Crippen molar-refractivity contribution in [2.45, 2.75) is 69.7 Å². The first-order chi connectivity index (χ1) is 17.5. The number of rotatable bonds is 6. The molecule has 2 aliphatic heterocycles. The third-order valence-electron chi connectivity index (χ3n) is 7.44. The van der Waals surface area contributed by atoms with E-state index in [0.29, 0.717) is 49.3 Å². The Labute approximate surface area is 217 Å². The number of sulfonamides is 1. The first kappa shape index (κ1) is 28.8. The number of hydrogen-bond acceptors (Lipinski definition) is 5. The molecule has 2 atom stereocenters. The van der Waals surface area contributed by atoms with Crippen molar-refractivity contribution in [3.8, 4) is 11.1 Å². The van der Waals surface area contributed by atoms with Crippen LogP contribution in [0.4, 0.5) is 26.3 Å². The molecule has 2 unspecified atom stereocenters. The lowest BCUT2D eigenvalue weighted by Gasteiger charge is -2.39. The number of pyridine rings is 1. The average molecular weight is 566 g/mol. The number of aromatic nitrogens is 1. The second-order valence-corrected chi connectivity index (χ2v) is 12.0. The van der Waals surface area contributed by atoms with Crippen LogP contribution < -0.4 is 0 Å². The smallest absolute Gasteiger partial charge is 0.369 e. The SMILES string of the molecule is CCc1cc(CN2CC3CCC(C2)N3S(C)(=O)=O)ncc1-c1ccc(C(O)(C(F)(F)F)C(F)(F)F)cc1C. The fourth-order valence-corrected chi connectivity index (χ4v) is 7.13. The van der Waals surface area contributed by atoms with E-state index in [2.05, 4.69) is 9.88 Å². The summed E-state index contributed by atoms with van der Waals surface area (Å²) in [5.74, 6) is 0. The van der Waals surface area contributed by atoms with Gasteiger partial charge in [-0.05, 0) is 48.9 Å². The summed E-state index contributed by atoms with van der Waals surface area (Å²) in [5.41, 5.74) is -3.63. The molecule has 2 fully saturated rings. The molecule has 0 saturated carbocycles. The average Bonchev–Trinajstić information content (AvgIpc) is 3.09. The number of alkyl halides is 6. The molecule has 13 heteroatoms. The first-order valence-corrected chi connectivity index (χ1v) is 14.0. The van der Waals surface area contributed by atoms with Crippen LogP contribution in [0, 0.1) is 6.92 Å². The van der Waals surface area contributed by atoms with Crippen molar-refractivity contribution in [2.75, 3.05) is 19.3 Å². The Kier molecular flexibility index (Phi) is 7.39. The Morgan fingerprint density at radius 3 is 2.05 bits per heavy atom. The number of halogens is 6. The number of aryl methyl sites for hydroxylation is 2. The zero-order valence-corrected chi connectivity index (χ0v) is 21.9. The van der Waals surface area contributed by atoms with Crippen LogP contribution in [0.15, 0.2) is 30.5 Å². The third kappa shape index (κ3) is 5.05. The van der Waals surface area contributed by atoms with Crippen molar-refractivity contribution in [2.24, 2.45) is 0 Å². The molecule has 210 valence electrons. The largest absolute Gasteiger partial charge is 0.430 e. The maximum atomic E-state index is 13.3. The number of piperazine rings is 1. The van der Waals surface area contributed by atoms with E-state index in [9.17, 15) is 39.9 Å². The molecule has 1 aromatic heterocycles. The van der Waals surface area contributed by atoms with Crippen molar-refractivity contribution in [1.29, 1.82) is 0 Å². The van der Waals surface area contributed by atoms with Gasteiger partial charge < -0.3 is 5.11 Å². The number of nitrogens with zero attached hydrogens (tertiary/aromatic N) is 3. The van der Waals surface area contributed by atoms with Crippen LogP contribution in [0.25, 0.3) is 11.1 Å². The fourth-order valence-electron chi connectivity index (χ4n) is 5.70. The minimum absolute atomic E-state index is 0.0816. The fraction of sp³-hybridized carbons (Fsp3) is 0.560. The van der Waals surface area contributed by atoms with E-state index < -0.39 is 33.5 Å². The van der Waals surface area contributed by atoms with Gasteiger partial charge in [-0.3, -0.25) is 9.88 Å². The molecule has 0 radical (unpaired) electrons. The number of aliphatic hydroxyl groups is 1. The second-order valence-electron chi connectivity index (χ2n) is 10.1. The monoisotopic (exact) mass is 565 g/mol. The standard InChI is InChI=1S/C25H29F6N3O3S/c1-4-16-10-18(12-33-13-19-6-7-20(14-33)34(19)38(3,36)37)32-11-22(16)21-8-5-17(9-15(21)2)23(35,24(26,27)28)25(29,30)31/h5,8-11,19-20,35H,4,6-7,12-14H2,1-3H3. The summed E-state index contributed by atoms with van der Waals surface area (Å²) in [4.78, 5) is 6.66. The lowest BCUT2D eigenvalue weighted by atomic mass is 9.87. The van der Waals surface area contributed by atoms with E-state index in [1.54, 1.807) is 10.5 Å². The Morgan fingerprint density at radius 2 is 1.58 bits per heavy atom. The molecule has 2 saturated heterocycles. The van der Waals surface area contributed by atoms with E-state index in [4.69, 9.17) is 0 Å². The lowest BCUT2D eigenvalue weighted by molar-refractivity contribution is -0.376. The zero-order valence-electron chi connectivity index (χ0n) is 21.1. The summed E-state index contributed by atoms with van der Waals surface area (Å²) in [5, 5.41) is 9.73. The van der Waals surface area contributed by atoms with E-state index in [1.807, 2.05) is 13.0 Å². The van der Waals surface area contributed by atoms with Crippen LogP contribution >= 0.6 is 0 Å². The summed E-state index contributed by atoms with van der Waals surface area (Å²) in [7, 11) is -3.29. The van der Waals surface area contributed by atoms with Gasteiger partial charge in [-0.15, -0.1) is 0 Å². The Balaban J connectivity index is 1.59. The van der Waals surface area contributed by atoms with Crippen molar-refractivity contribution < 1.29 is 39.9 Å². The summed E-state index contributed by atoms with van der Waals surface area (Å²) in [6.45, 7) is 4.91. The second kappa shape index (κ2) is 9.76. The maximum absolute atomic E-state index is 13.3. The summed E-state index contributed by atoms with van der Waals surface area (Å²) >= 11 is 0. The number of hydrogen-bond donors (Lipinski definition) is 1. The van der Waals surface area contributed by atoms with Gasteiger partial charge in [0.05, 0.1) is 11.9 Å². The highest BCUT2D eigenvalue weighted by Crippen LogP contribution is 2.50. The molecule has 4 rings (SSSR count). The summed E-state index contributed by atoms with van der Waals surface area (Å²) in [6.07, 6.45) is -7.00. The van der Waals surface area contributed by atoms with Crippen LogP contribution in [-0.2, 0) is 28.6 Å². The van der Waals surface area contributed by atoms with E-state index in [1.165, 1.54) is 13.2 Å². The highest BCUT2D eigenvalue weighted by Gasteiger charge is 2.71. The molecule has 0 spiro atoms. The predicted molar refractivity (Wildman–Crippen MR) is 129 cm³/mol. The van der Waals surface area contributed by atoms with Crippen LogP contribution in [0.3, 0.4) is 0 Å². The van der Waals surface area contributed by atoms with Crippen molar-refractivity contribution in [3.05, 3.63) is 52.8 Å². The molecular weight excluding hydrogens is 536 g/mol. The molecule has 3 heterocycles. The Bertz CT molecular complexity index is 1280. The molecule has 38 heavy (non-hydrogen) atoms. The van der Waals surface area contributed by atoms with Gasteiger partial charge in [-0.1, -0.05) is 25.1 Å². The highest BCUT2D eigenvalue weighted by atomic mass is 32.2. The molecule has 2 bridgehead atoms. The van der Waals surface area contributed by atoms with E-state index in [0.717, 1.165) is 30.2 Å². The van der Waals surface area contributed by atoms with Gasteiger partial charge >= 0.3 is 12.4 Å². The maximum Gasteiger partial charge on any atom is 0.430 e. The number of likely N-dealkylation sites (tertiary alicyclic amines) is 1. The van der Waals surface area contributed by atoms with Gasteiger partial charge in [0.15, 0.2) is 0 Å². The molecule has 0 amide bonds. The van der Waals surface area contributed by atoms with Crippen molar-refractivity contribution in [3.63, 3.8) is 0 Å². The van der Waals surface area contributed by atoms with Gasteiger partial charge in [-0.2, -0.15) is 30.6 Å². The third-order valence-corrected chi connectivity index (χ3v) is 8.80. The van der Waals surface area contributed by atoms with Crippen LogP contribution in [0.5, 0.6) is 0 Å². The van der Waals surface area contributed by atoms with Gasteiger partial charge in [-0.25, -0.2) is 8.42 Å². The zero-order chi connectivity index (χ0) is 28.3. The topological polar surface area (TPSA) is 73.7 Å². The van der Waals surface area contributed by atoms with Crippen LogP contribution in [0.1, 0.15) is 42.1 Å². The quantitative estimate of drug-likeness (QED) is 0.521. The Hall–Kier alpha value is -2.22. The summed E-state index contributed by atoms with van der Waals surface area (Å²) in [6, 6.07) is 4.19. The predicted octanol–water partition coefficient (Wildman–Crippen LogP) is 4.54. The lowest BCUT2D eigenvalue weighted by Crippen LogP contribution is -2.55. The van der Waals surface area contributed by atoms with Gasteiger partial charge in [0.1, 0.15) is 0 Å². The minimum atomic E-state index is -5.96. The summed E-state index contributed by atoms with van der Waals surface area (Å²) < 4.78 is 106. The molecule has 6 nitrogen and oxygen atoms in total. The molecule has 2 aromatic rings. The van der Waals surface area contributed by atoms with E-state index in [-0.39, 0.29) is 17.6 Å². The molecule has 2 aliphatic rings. The van der Waals surface area contributed by atoms with Crippen LogP contribution in [0.2, 0.25) is 0 Å². The normalized spacial score (nSPS) is 21.7. The molecule has 1 aromatic carbocycles. The Morgan fingerprint density at radius 1 is 1.00 bits per heavy atom. The van der Waals surface area contributed by atoms with Crippen molar-refractivity contribution >= 4 is 10.0 Å². The number of fused-ring (bicyclic) bond motifs is 2. The van der Waals surface area contributed by atoms with Crippen LogP contribution in [-0.4, -0.2) is 71.5 Å². The van der Waals surface area contributed by atoms with Gasteiger partial charge in [0.25, 0.3) is 5.60 Å². The van der Waals surface area contributed by atoms with Crippen molar-refractivity contribution in [1.82, 2.24) is 14.2 Å². The minimum Gasteiger partial charge on any atom is -0.369 e. The highest BCUT2D eigenvalue weighted by molar-refractivity contribution is 7.88. The molecule has 0 aliphatic carbocycles.